The van der Waals surface area contributed by atoms with Gasteiger partial charge in [-0.05, 0) is 6.42 Å². The molecule has 0 aromatic carbocycles. The van der Waals surface area contributed by atoms with Gasteiger partial charge in [-0.1, -0.05) is 6.92 Å². The first-order valence-electron chi connectivity index (χ1n) is 6.14. The number of carbonyl (C=O) groups excluding carboxylic acids is 2. The highest BCUT2D eigenvalue weighted by Crippen LogP contribution is 1.98. The van der Waals surface area contributed by atoms with Crippen LogP contribution in [0.4, 0.5) is 0 Å². The number of amides is 2. The standard InChI is InChI=1S/C11H19N3O6S/c1-2-5(12)9(17)13-6(3-8(15)16)10(18)14-7(4-21)11(19)20/h5-7,21H,2-4,12H2,1H3,(H,13,17)(H,14,18)(H,15,16)(H,19,20)/t5?,6-,7-/m0/s1. The maximum atomic E-state index is 11.9. The molecule has 0 aliphatic heterocycles. The van der Waals surface area contributed by atoms with Crippen LogP contribution in [0.3, 0.4) is 0 Å². The Hall–Kier alpha value is -1.81. The summed E-state index contributed by atoms with van der Waals surface area (Å²) >= 11 is 3.77. The zero-order chi connectivity index (χ0) is 16.6. The number of nitrogens with two attached hydrogens (primary N) is 1. The van der Waals surface area contributed by atoms with E-state index in [0.717, 1.165) is 0 Å². The Morgan fingerprint density at radius 3 is 2.00 bits per heavy atom. The molecule has 0 aromatic rings. The Bertz CT molecular complexity index is 417. The molecule has 1 unspecified atom stereocenters. The summed E-state index contributed by atoms with van der Waals surface area (Å²) in [4.78, 5) is 45.0. The SMILES string of the molecule is CCC(N)C(=O)N[C@@H](CC(=O)O)C(=O)N[C@@H](CS)C(=O)O. The van der Waals surface area contributed by atoms with Gasteiger partial charge in [0, 0.05) is 5.75 Å². The van der Waals surface area contributed by atoms with E-state index in [1.807, 2.05) is 0 Å². The van der Waals surface area contributed by atoms with Crippen LogP contribution < -0.4 is 16.4 Å². The van der Waals surface area contributed by atoms with Crippen LogP contribution in [0.1, 0.15) is 19.8 Å². The second kappa shape index (κ2) is 9.19. The van der Waals surface area contributed by atoms with E-state index in [2.05, 4.69) is 23.3 Å². The molecule has 0 bridgehead atoms. The van der Waals surface area contributed by atoms with Crippen LogP contribution in [0.15, 0.2) is 0 Å². The molecule has 0 aromatic heterocycles. The quantitative estimate of drug-likeness (QED) is 0.273. The molecule has 0 heterocycles. The molecule has 0 saturated carbocycles. The van der Waals surface area contributed by atoms with Crippen LogP contribution in [-0.4, -0.2) is 57.8 Å². The third-order valence-corrected chi connectivity index (χ3v) is 2.95. The molecule has 0 radical (unpaired) electrons. The summed E-state index contributed by atoms with van der Waals surface area (Å²) in [5.41, 5.74) is 5.47. The molecule has 0 fully saturated rings. The Labute approximate surface area is 126 Å². The van der Waals surface area contributed by atoms with Crippen molar-refractivity contribution in [2.75, 3.05) is 5.75 Å². The first-order valence-corrected chi connectivity index (χ1v) is 6.77. The predicted octanol–water partition coefficient (Wildman–Crippen LogP) is -1.82. The second-order valence-electron chi connectivity index (χ2n) is 4.26. The molecule has 120 valence electrons. The molecule has 2 amide bonds. The fourth-order valence-electron chi connectivity index (χ4n) is 1.31. The van der Waals surface area contributed by atoms with E-state index < -0.39 is 48.3 Å². The summed E-state index contributed by atoms with van der Waals surface area (Å²) in [6, 6.07) is -3.57. The summed E-state index contributed by atoms with van der Waals surface area (Å²) in [7, 11) is 0. The van der Waals surface area contributed by atoms with Gasteiger partial charge in [-0.25, -0.2) is 4.79 Å². The number of rotatable bonds is 9. The number of carboxylic acid groups (broad SMARTS) is 2. The Kier molecular flexibility index (Phi) is 8.39. The van der Waals surface area contributed by atoms with E-state index in [-0.39, 0.29) is 5.75 Å². The van der Waals surface area contributed by atoms with Crippen LogP contribution in [0.25, 0.3) is 0 Å². The Morgan fingerprint density at radius 1 is 1.10 bits per heavy atom. The summed E-state index contributed by atoms with van der Waals surface area (Å²) in [5, 5.41) is 21.8. The molecule has 9 nitrogen and oxygen atoms in total. The molecule has 0 aliphatic carbocycles. The highest BCUT2D eigenvalue weighted by atomic mass is 32.1. The summed E-state index contributed by atoms with van der Waals surface area (Å²) in [5.74, 6) is -4.42. The number of aliphatic carboxylic acids is 2. The fourth-order valence-corrected chi connectivity index (χ4v) is 1.55. The van der Waals surface area contributed by atoms with Crippen molar-refractivity contribution >= 4 is 36.4 Å². The molecule has 21 heavy (non-hydrogen) atoms. The van der Waals surface area contributed by atoms with Gasteiger partial charge in [0.25, 0.3) is 0 Å². The monoisotopic (exact) mass is 321 g/mol. The lowest BCUT2D eigenvalue weighted by molar-refractivity contribution is -0.143. The predicted molar refractivity (Wildman–Crippen MR) is 75.9 cm³/mol. The van der Waals surface area contributed by atoms with Gasteiger partial charge < -0.3 is 26.6 Å². The smallest absolute Gasteiger partial charge is 0.327 e. The van der Waals surface area contributed by atoms with Crippen molar-refractivity contribution in [2.45, 2.75) is 37.9 Å². The molecule has 0 rings (SSSR count). The fraction of sp³-hybridized carbons (Fsp3) is 0.636. The normalized spacial score (nSPS) is 14.6. The summed E-state index contributed by atoms with van der Waals surface area (Å²) < 4.78 is 0. The van der Waals surface area contributed by atoms with Crippen molar-refractivity contribution in [2.24, 2.45) is 5.73 Å². The molecular weight excluding hydrogens is 302 g/mol. The zero-order valence-corrected chi connectivity index (χ0v) is 12.3. The Morgan fingerprint density at radius 2 is 1.62 bits per heavy atom. The van der Waals surface area contributed by atoms with E-state index in [1.54, 1.807) is 6.92 Å². The van der Waals surface area contributed by atoms with Crippen molar-refractivity contribution in [1.29, 1.82) is 0 Å². The molecule has 3 atom stereocenters. The third-order valence-electron chi connectivity index (χ3n) is 2.59. The van der Waals surface area contributed by atoms with Gasteiger partial charge in [-0.3, -0.25) is 14.4 Å². The van der Waals surface area contributed by atoms with E-state index in [9.17, 15) is 19.2 Å². The largest absolute Gasteiger partial charge is 0.481 e. The van der Waals surface area contributed by atoms with Gasteiger partial charge in [0.15, 0.2) is 0 Å². The number of thiol groups is 1. The van der Waals surface area contributed by atoms with Crippen molar-refractivity contribution < 1.29 is 29.4 Å². The number of hydrogen-bond donors (Lipinski definition) is 6. The van der Waals surface area contributed by atoms with Crippen molar-refractivity contribution in [1.82, 2.24) is 10.6 Å². The minimum Gasteiger partial charge on any atom is -0.481 e. The van der Waals surface area contributed by atoms with E-state index >= 15 is 0 Å². The minimum absolute atomic E-state index is 0.177. The number of hydrogen-bond acceptors (Lipinski definition) is 6. The van der Waals surface area contributed by atoms with Gasteiger partial charge >= 0.3 is 11.9 Å². The highest BCUT2D eigenvalue weighted by molar-refractivity contribution is 7.80. The van der Waals surface area contributed by atoms with Gasteiger partial charge in [-0.2, -0.15) is 12.6 Å². The minimum atomic E-state index is -1.41. The van der Waals surface area contributed by atoms with Crippen LogP contribution in [0, 0.1) is 0 Å². The zero-order valence-electron chi connectivity index (χ0n) is 11.4. The van der Waals surface area contributed by atoms with Gasteiger partial charge in [-0.15, -0.1) is 0 Å². The van der Waals surface area contributed by atoms with Crippen molar-refractivity contribution in [3.63, 3.8) is 0 Å². The lowest BCUT2D eigenvalue weighted by Gasteiger charge is -2.20. The maximum Gasteiger partial charge on any atom is 0.327 e. The van der Waals surface area contributed by atoms with Gasteiger partial charge in [0.2, 0.25) is 11.8 Å². The number of carbonyl (C=O) groups is 4. The average Bonchev–Trinajstić information content (AvgIpc) is 2.41. The van der Waals surface area contributed by atoms with Crippen LogP contribution in [0.5, 0.6) is 0 Å². The second-order valence-corrected chi connectivity index (χ2v) is 4.62. The molecular formula is C11H19N3O6S. The first-order chi connectivity index (χ1) is 9.72. The average molecular weight is 321 g/mol. The van der Waals surface area contributed by atoms with E-state index in [4.69, 9.17) is 15.9 Å². The lowest BCUT2D eigenvalue weighted by atomic mass is 10.1. The topological polar surface area (TPSA) is 159 Å². The lowest BCUT2D eigenvalue weighted by Crippen LogP contribution is -2.55. The summed E-state index contributed by atoms with van der Waals surface area (Å²) in [6.45, 7) is 1.65. The Balaban J connectivity index is 4.88. The first kappa shape index (κ1) is 19.2. The molecule has 10 heteroatoms. The molecule has 6 N–H and O–H groups in total. The van der Waals surface area contributed by atoms with Gasteiger partial charge in [0.05, 0.1) is 12.5 Å². The van der Waals surface area contributed by atoms with Crippen LogP contribution in [0.2, 0.25) is 0 Å². The van der Waals surface area contributed by atoms with Crippen LogP contribution in [-0.2, 0) is 19.2 Å². The summed E-state index contributed by atoms with van der Waals surface area (Å²) in [6.07, 6.45) is -0.380. The molecule has 0 saturated heterocycles. The van der Waals surface area contributed by atoms with E-state index in [0.29, 0.717) is 6.42 Å². The third kappa shape index (κ3) is 6.95. The number of nitrogens with one attached hydrogen (secondary N) is 2. The van der Waals surface area contributed by atoms with Crippen molar-refractivity contribution in [3.8, 4) is 0 Å². The number of carboxylic acids is 2. The van der Waals surface area contributed by atoms with Gasteiger partial charge in [0.1, 0.15) is 12.1 Å². The van der Waals surface area contributed by atoms with Crippen LogP contribution >= 0.6 is 12.6 Å². The maximum absolute atomic E-state index is 11.9. The molecule has 0 aliphatic rings. The highest BCUT2D eigenvalue weighted by Gasteiger charge is 2.28. The van der Waals surface area contributed by atoms with Crippen molar-refractivity contribution in [3.05, 3.63) is 0 Å². The molecule has 0 spiro atoms. The van der Waals surface area contributed by atoms with E-state index in [1.165, 1.54) is 0 Å².